The molecule has 0 atom stereocenters. The van der Waals surface area contributed by atoms with Crippen molar-refractivity contribution in [2.75, 3.05) is 53.4 Å². The molecule has 1 rings (SSSR count). The van der Waals surface area contributed by atoms with E-state index >= 15 is 0 Å². The van der Waals surface area contributed by atoms with Gasteiger partial charge in [-0.3, -0.25) is 10.1 Å². The normalized spacial score (nSPS) is 15.2. The minimum Gasteiger partial charge on any atom is -0.338 e. The average Bonchev–Trinajstić information content (AvgIpc) is 2.38. The van der Waals surface area contributed by atoms with Crippen LogP contribution in [-0.4, -0.2) is 80.0 Å². The predicted octanol–water partition coefficient (Wildman–Crippen LogP) is -0.965. The molecule has 6 heteroatoms. The standard InChI is InChI=1S/C12H20N4O2/c1-4-5-13-10-11(17)15-6-8-16(9-7-15)12(18)14(2)3/h1,13H,5-10H2,2-3H3. The monoisotopic (exact) mass is 252 g/mol. The number of amides is 3. The van der Waals surface area contributed by atoms with Gasteiger partial charge in [-0.25, -0.2) is 4.79 Å². The van der Waals surface area contributed by atoms with Gasteiger partial charge in [-0.15, -0.1) is 6.42 Å². The average molecular weight is 252 g/mol. The number of hydrogen-bond donors (Lipinski definition) is 1. The van der Waals surface area contributed by atoms with Crippen LogP contribution >= 0.6 is 0 Å². The highest BCUT2D eigenvalue weighted by Crippen LogP contribution is 2.04. The van der Waals surface area contributed by atoms with E-state index in [9.17, 15) is 9.59 Å². The van der Waals surface area contributed by atoms with Gasteiger partial charge >= 0.3 is 6.03 Å². The van der Waals surface area contributed by atoms with Crippen LogP contribution in [0.3, 0.4) is 0 Å². The van der Waals surface area contributed by atoms with Crippen molar-refractivity contribution in [1.82, 2.24) is 20.0 Å². The Labute approximate surface area is 108 Å². The molecule has 1 N–H and O–H groups in total. The Morgan fingerprint density at radius 2 is 1.78 bits per heavy atom. The van der Waals surface area contributed by atoms with Crippen molar-refractivity contribution in [2.45, 2.75) is 0 Å². The summed E-state index contributed by atoms with van der Waals surface area (Å²) in [6.45, 7) is 2.97. The largest absolute Gasteiger partial charge is 0.338 e. The molecule has 0 radical (unpaired) electrons. The fraction of sp³-hybridized carbons (Fsp3) is 0.667. The Morgan fingerprint density at radius 3 is 2.28 bits per heavy atom. The van der Waals surface area contributed by atoms with Crippen LogP contribution in [0.15, 0.2) is 0 Å². The molecule has 1 aliphatic rings. The van der Waals surface area contributed by atoms with E-state index in [-0.39, 0.29) is 18.5 Å². The second-order valence-electron chi connectivity index (χ2n) is 4.35. The summed E-state index contributed by atoms with van der Waals surface area (Å²) in [6.07, 6.45) is 5.09. The van der Waals surface area contributed by atoms with Gasteiger partial charge in [0.25, 0.3) is 0 Å². The van der Waals surface area contributed by atoms with Crippen LogP contribution in [0, 0.1) is 12.3 Å². The number of nitrogens with zero attached hydrogens (tertiary/aromatic N) is 3. The predicted molar refractivity (Wildman–Crippen MR) is 68.9 cm³/mol. The van der Waals surface area contributed by atoms with E-state index in [0.29, 0.717) is 32.7 Å². The van der Waals surface area contributed by atoms with Gasteiger partial charge < -0.3 is 14.7 Å². The Morgan fingerprint density at radius 1 is 1.22 bits per heavy atom. The smallest absolute Gasteiger partial charge is 0.319 e. The van der Waals surface area contributed by atoms with Crippen LogP contribution in [0.4, 0.5) is 4.79 Å². The molecule has 1 heterocycles. The zero-order valence-electron chi connectivity index (χ0n) is 11.0. The first-order valence-corrected chi connectivity index (χ1v) is 5.94. The first-order valence-electron chi connectivity index (χ1n) is 5.94. The van der Waals surface area contributed by atoms with Crippen LogP contribution in [0.25, 0.3) is 0 Å². The summed E-state index contributed by atoms with van der Waals surface area (Å²) in [7, 11) is 3.45. The summed E-state index contributed by atoms with van der Waals surface area (Å²) in [6, 6.07) is -0.00689. The first kappa shape index (κ1) is 14.3. The van der Waals surface area contributed by atoms with E-state index in [2.05, 4.69) is 11.2 Å². The summed E-state index contributed by atoms with van der Waals surface area (Å²) in [5, 5.41) is 2.87. The molecule has 0 aromatic carbocycles. The molecule has 0 aromatic heterocycles. The number of nitrogens with one attached hydrogen (secondary N) is 1. The Bertz CT molecular complexity index is 340. The Balaban J connectivity index is 2.33. The minimum atomic E-state index is -0.00689. The van der Waals surface area contributed by atoms with Gasteiger partial charge in [-0.05, 0) is 0 Å². The summed E-state index contributed by atoms with van der Waals surface area (Å²) >= 11 is 0. The van der Waals surface area contributed by atoms with Crippen LogP contribution < -0.4 is 5.32 Å². The minimum absolute atomic E-state index is 0.00689. The van der Waals surface area contributed by atoms with E-state index < -0.39 is 0 Å². The summed E-state index contributed by atoms with van der Waals surface area (Å²) in [4.78, 5) is 28.5. The molecule has 1 aliphatic heterocycles. The van der Waals surface area contributed by atoms with Crippen molar-refractivity contribution in [2.24, 2.45) is 0 Å². The van der Waals surface area contributed by atoms with E-state index in [1.807, 2.05) is 0 Å². The molecule has 0 saturated carbocycles. The lowest BCUT2D eigenvalue weighted by atomic mass is 10.3. The summed E-state index contributed by atoms with van der Waals surface area (Å²) < 4.78 is 0. The van der Waals surface area contributed by atoms with Gasteiger partial charge in [0.15, 0.2) is 0 Å². The maximum atomic E-state index is 11.8. The quantitative estimate of drug-likeness (QED) is 0.520. The van der Waals surface area contributed by atoms with Gasteiger partial charge in [0.2, 0.25) is 5.91 Å². The molecule has 1 saturated heterocycles. The number of carbonyl (C=O) groups excluding carboxylic acids is 2. The maximum Gasteiger partial charge on any atom is 0.319 e. The van der Waals surface area contributed by atoms with E-state index in [1.54, 1.807) is 28.8 Å². The lowest BCUT2D eigenvalue weighted by molar-refractivity contribution is -0.131. The molecule has 3 amide bonds. The number of piperazine rings is 1. The van der Waals surface area contributed by atoms with Crippen molar-refractivity contribution in [1.29, 1.82) is 0 Å². The topological polar surface area (TPSA) is 55.9 Å². The van der Waals surface area contributed by atoms with Crippen molar-refractivity contribution in [3.05, 3.63) is 0 Å². The fourth-order valence-corrected chi connectivity index (χ4v) is 1.78. The van der Waals surface area contributed by atoms with Gasteiger partial charge in [0.05, 0.1) is 13.1 Å². The molecule has 100 valence electrons. The molecule has 6 nitrogen and oxygen atoms in total. The molecule has 0 bridgehead atoms. The van der Waals surface area contributed by atoms with Crippen LogP contribution in [0.2, 0.25) is 0 Å². The van der Waals surface area contributed by atoms with Crippen molar-refractivity contribution in [3.8, 4) is 12.3 Å². The van der Waals surface area contributed by atoms with Gasteiger partial charge in [0, 0.05) is 40.3 Å². The molecule has 0 spiro atoms. The molecule has 0 aliphatic carbocycles. The van der Waals surface area contributed by atoms with E-state index in [0.717, 1.165) is 0 Å². The van der Waals surface area contributed by atoms with Crippen LogP contribution in [0.5, 0.6) is 0 Å². The maximum absolute atomic E-state index is 11.8. The second-order valence-corrected chi connectivity index (χ2v) is 4.35. The Hall–Kier alpha value is -1.74. The highest BCUT2D eigenvalue weighted by molar-refractivity contribution is 5.79. The molecule has 0 unspecified atom stereocenters. The van der Waals surface area contributed by atoms with Crippen molar-refractivity contribution < 1.29 is 9.59 Å². The van der Waals surface area contributed by atoms with Crippen LogP contribution in [-0.2, 0) is 4.79 Å². The third kappa shape index (κ3) is 3.93. The second kappa shape index (κ2) is 6.87. The molecule has 18 heavy (non-hydrogen) atoms. The number of terminal acetylenes is 1. The van der Waals surface area contributed by atoms with E-state index in [1.165, 1.54) is 0 Å². The third-order valence-corrected chi connectivity index (χ3v) is 2.79. The third-order valence-electron chi connectivity index (χ3n) is 2.79. The number of urea groups is 1. The van der Waals surface area contributed by atoms with Crippen molar-refractivity contribution in [3.63, 3.8) is 0 Å². The lowest BCUT2D eigenvalue weighted by Crippen LogP contribution is -2.54. The highest BCUT2D eigenvalue weighted by Gasteiger charge is 2.24. The SMILES string of the molecule is C#CCNCC(=O)N1CCN(C(=O)N(C)C)CC1. The lowest BCUT2D eigenvalue weighted by Gasteiger charge is -2.36. The summed E-state index contributed by atoms with van der Waals surface area (Å²) in [5.41, 5.74) is 0. The molecular weight excluding hydrogens is 232 g/mol. The Kier molecular flexibility index (Phi) is 5.46. The fourth-order valence-electron chi connectivity index (χ4n) is 1.78. The zero-order chi connectivity index (χ0) is 13.5. The zero-order valence-corrected chi connectivity index (χ0v) is 11.0. The molecular formula is C12H20N4O2. The molecule has 0 aromatic rings. The number of hydrogen-bond acceptors (Lipinski definition) is 3. The highest BCUT2D eigenvalue weighted by atomic mass is 16.2. The van der Waals surface area contributed by atoms with Crippen LogP contribution in [0.1, 0.15) is 0 Å². The van der Waals surface area contributed by atoms with Gasteiger partial charge in [0.1, 0.15) is 0 Å². The van der Waals surface area contributed by atoms with E-state index in [4.69, 9.17) is 6.42 Å². The van der Waals surface area contributed by atoms with Gasteiger partial charge in [-0.2, -0.15) is 0 Å². The van der Waals surface area contributed by atoms with Crippen molar-refractivity contribution >= 4 is 11.9 Å². The summed E-state index contributed by atoms with van der Waals surface area (Å²) in [5.74, 6) is 2.45. The number of rotatable bonds is 3. The van der Waals surface area contributed by atoms with Gasteiger partial charge in [-0.1, -0.05) is 5.92 Å². The number of carbonyl (C=O) groups is 2. The first-order chi connectivity index (χ1) is 8.56. The molecule has 1 fully saturated rings.